The van der Waals surface area contributed by atoms with Crippen LogP contribution in [0.15, 0.2) is 0 Å². The number of rotatable bonds is 2. The third-order valence-corrected chi connectivity index (χ3v) is 8.18. The lowest BCUT2D eigenvalue weighted by atomic mass is 9.47. The SMILES string of the molecule is COC(=O)C1C(C(=O)OC)C2C3CC(C4C5CCC(C5)C34)C12. The molecule has 0 aliphatic heterocycles. The maximum Gasteiger partial charge on any atom is 0.309 e. The lowest BCUT2D eigenvalue weighted by molar-refractivity contribution is -0.190. The molecule has 0 radical (unpaired) electrons. The molecule has 4 heteroatoms. The predicted molar refractivity (Wildman–Crippen MR) is 77.4 cm³/mol. The van der Waals surface area contributed by atoms with E-state index in [1.54, 1.807) is 0 Å². The fourth-order valence-electron chi connectivity index (χ4n) is 7.90. The van der Waals surface area contributed by atoms with E-state index in [0.29, 0.717) is 23.7 Å². The Morgan fingerprint density at radius 3 is 1.59 bits per heavy atom. The highest BCUT2D eigenvalue weighted by atomic mass is 16.5. The van der Waals surface area contributed by atoms with E-state index < -0.39 is 0 Å². The number of methoxy groups -OCH3 is 2. The summed E-state index contributed by atoms with van der Waals surface area (Å²) in [6.45, 7) is 0. The van der Waals surface area contributed by atoms with Crippen molar-refractivity contribution in [1.29, 1.82) is 0 Å². The maximum absolute atomic E-state index is 12.3. The first-order valence-electron chi connectivity index (χ1n) is 8.83. The molecule has 5 aliphatic carbocycles. The highest BCUT2D eigenvalue weighted by molar-refractivity contribution is 5.85. The molecular formula is C18H24O4. The van der Waals surface area contributed by atoms with Crippen LogP contribution in [0.5, 0.6) is 0 Å². The topological polar surface area (TPSA) is 52.6 Å². The molecule has 0 saturated heterocycles. The summed E-state index contributed by atoms with van der Waals surface area (Å²) in [5.74, 6) is 4.75. The average Bonchev–Trinajstić information content (AvgIpc) is 3.23. The second-order valence-electron chi connectivity index (χ2n) is 8.30. The van der Waals surface area contributed by atoms with Crippen molar-refractivity contribution in [3.63, 3.8) is 0 Å². The molecule has 0 amide bonds. The number of hydrogen-bond donors (Lipinski definition) is 0. The summed E-state index contributed by atoms with van der Waals surface area (Å²) >= 11 is 0. The minimum atomic E-state index is -0.238. The molecule has 0 spiro atoms. The van der Waals surface area contributed by atoms with Crippen molar-refractivity contribution in [2.75, 3.05) is 14.2 Å². The van der Waals surface area contributed by atoms with Crippen molar-refractivity contribution in [2.45, 2.75) is 25.7 Å². The van der Waals surface area contributed by atoms with Gasteiger partial charge in [-0.25, -0.2) is 0 Å². The summed E-state index contributed by atoms with van der Waals surface area (Å²) in [4.78, 5) is 24.5. The molecule has 10 unspecified atom stereocenters. The third kappa shape index (κ3) is 1.32. The Kier molecular flexibility index (Phi) is 2.60. The minimum absolute atomic E-state index is 0.191. The fraction of sp³-hybridized carbons (Fsp3) is 0.889. The zero-order valence-corrected chi connectivity index (χ0v) is 13.2. The molecule has 5 rings (SSSR count). The Morgan fingerprint density at radius 1 is 0.727 bits per heavy atom. The lowest BCUT2D eigenvalue weighted by Crippen LogP contribution is -2.60. The molecule has 120 valence electrons. The first-order chi connectivity index (χ1) is 10.7. The van der Waals surface area contributed by atoms with Gasteiger partial charge in [-0.2, -0.15) is 0 Å². The number of esters is 2. The van der Waals surface area contributed by atoms with Gasteiger partial charge in [-0.15, -0.1) is 0 Å². The van der Waals surface area contributed by atoms with Crippen molar-refractivity contribution < 1.29 is 19.1 Å². The van der Waals surface area contributed by atoms with Crippen LogP contribution in [0.2, 0.25) is 0 Å². The van der Waals surface area contributed by atoms with Crippen molar-refractivity contribution in [3.05, 3.63) is 0 Å². The van der Waals surface area contributed by atoms with Crippen LogP contribution in [-0.4, -0.2) is 26.2 Å². The number of ether oxygens (including phenoxy) is 2. The second-order valence-corrected chi connectivity index (χ2v) is 8.30. The van der Waals surface area contributed by atoms with E-state index in [4.69, 9.17) is 9.47 Å². The van der Waals surface area contributed by atoms with Crippen molar-refractivity contribution >= 4 is 11.9 Å². The molecular weight excluding hydrogens is 280 g/mol. The Balaban J connectivity index is 1.50. The monoisotopic (exact) mass is 304 g/mol. The first kappa shape index (κ1) is 13.4. The van der Waals surface area contributed by atoms with Gasteiger partial charge in [0.1, 0.15) is 0 Å². The van der Waals surface area contributed by atoms with Gasteiger partial charge in [-0.05, 0) is 73.0 Å². The van der Waals surface area contributed by atoms with Gasteiger partial charge in [0.2, 0.25) is 0 Å². The molecule has 5 saturated carbocycles. The van der Waals surface area contributed by atoms with Crippen LogP contribution in [0.25, 0.3) is 0 Å². The quantitative estimate of drug-likeness (QED) is 0.579. The number of hydrogen-bond acceptors (Lipinski definition) is 4. The Bertz CT molecular complexity index is 497. The van der Waals surface area contributed by atoms with Crippen molar-refractivity contribution in [2.24, 2.45) is 59.2 Å². The summed E-state index contributed by atoms with van der Waals surface area (Å²) in [5.41, 5.74) is 0. The third-order valence-electron chi connectivity index (χ3n) is 8.18. The van der Waals surface area contributed by atoms with Gasteiger partial charge in [0.15, 0.2) is 0 Å². The summed E-state index contributed by atoms with van der Waals surface area (Å²) in [6.07, 6.45) is 5.46. The van der Waals surface area contributed by atoms with Gasteiger partial charge in [-0.1, -0.05) is 0 Å². The minimum Gasteiger partial charge on any atom is -0.469 e. The molecule has 4 bridgehead atoms. The van der Waals surface area contributed by atoms with Crippen LogP contribution in [0, 0.1) is 59.2 Å². The van der Waals surface area contributed by atoms with Gasteiger partial charge in [0.25, 0.3) is 0 Å². The number of fused-ring (bicyclic) bond motifs is 12. The van der Waals surface area contributed by atoms with Crippen LogP contribution >= 0.6 is 0 Å². The van der Waals surface area contributed by atoms with E-state index in [-0.39, 0.29) is 23.8 Å². The molecule has 4 nitrogen and oxygen atoms in total. The average molecular weight is 304 g/mol. The van der Waals surface area contributed by atoms with Crippen molar-refractivity contribution in [1.82, 2.24) is 0 Å². The Morgan fingerprint density at radius 2 is 1.18 bits per heavy atom. The zero-order chi connectivity index (χ0) is 15.2. The van der Waals surface area contributed by atoms with E-state index in [1.807, 2.05) is 0 Å². The summed E-state index contributed by atoms with van der Waals surface area (Å²) < 4.78 is 10.0. The normalized spacial score (nSPS) is 56.3. The van der Waals surface area contributed by atoms with E-state index in [0.717, 1.165) is 23.7 Å². The molecule has 0 N–H and O–H groups in total. The smallest absolute Gasteiger partial charge is 0.309 e. The molecule has 22 heavy (non-hydrogen) atoms. The standard InChI is InChI=1S/C18H24O4/c1-21-17(19)15-13-9-6-10(14(13)16(15)18(20)22-2)12-8-4-3-7(5-8)11(9)12/h7-16H,3-6H2,1-2H3. The molecule has 5 fully saturated rings. The number of carbonyl (C=O) groups is 2. The van der Waals surface area contributed by atoms with Crippen LogP contribution in [-0.2, 0) is 19.1 Å². The number of carbonyl (C=O) groups excluding carboxylic acids is 2. The molecule has 0 aromatic heterocycles. The molecule has 0 aromatic carbocycles. The van der Waals surface area contributed by atoms with Gasteiger partial charge in [0, 0.05) is 0 Å². The fourth-order valence-corrected chi connectivity index (χ4v) is 7.90. The van der Waals surface area contributed by atoms with E-state index >= 15 is 0 Å². The van der Waals surface area contributed by atoms with E-state index in [9.17, 15) is 9.59 Å². The van der Waals surface area contributed by atoms with Crippen LogP contribution < -0.4 is 0 Å². The zero-order valence-electron chi connectivity index (χ0n) is 13.2. The van der Waals surface area contributed by atoms with E-state index in [1.165, 1.54) is 39.9 Å². The second kappa shape index (κ2) is 4.27. The highest BCUT2D eigenvalue weighted by Gasteiger charge is 2.75. The first-order valence-corrected chi connectivity index (χ1v) is 8.83. The van der Waals surface area contributed by atoms with Crippen LogP contribution in [0.4, 0.5) is 0 Å². The highest BCUT2D eigenvalue weighted by Crippen LogP contribution is 2.76. The van der Waals surface area contributed by atoms with Gasteiger partial charge in [-0.3, -0.25) is 9.59 Å². The van der Waals surface area contributed by atoms with Gasteiger partial charge in [0.05, 0.1) is 26.1 Å². The maximum atomic E-state index is 12.3. The largest absolute Gasteiger partial charge is 0.469 e. The van der Waals surface area contributed by atoms with E-state index in [2.05, 4.69) is 0 Å². The Labute approximate surface area is 130 Å². The summed E-state index contributed by atoms with van der Waals surface area (Å²) in [6, 6.07) is 0. The van der Waals surface area contributed by atoms with Crippen LogP contribution in [0.3, 0.4) is 0 Å². The lowest BCUT2D eigenvalue weighted by Gasteiger charge is -2.55. The predicted octanol–water partition coefficient (Wildman–Crippen LogP) is 2.12. The van der Waals surface area contributed by atoms with Crippen molar-refractivity contribution in [3.8, 4) is 0 Å². The molecule has 0 aromatic rings. The molecule has 5 aliphatic rings. The summed E-state index contributed by atoms with van der Waals surface area (Å²) in [5, 5.41) is 0. The van der Waals surface area contributed by atoms with Gasteiger partial charge >= 0.3 is 11.9 Å². The molecule has 10 atom stereocenters. The Hall–Kier alpha value is -1.06. The molecule has 0 heterocycles. The van der Waals surface area contributed by atoms with Crippen LogP contribution in [0.1, 0.15) is 25.7 Å². The summed E-state index contributed by atoms with van der Waals surface area (Å²) in [7, 11) is 2.88. The van der Waals surface area contributed by atoms with Gasteiger partial charge < -0.3 is 9.47 Å².